The molecular weight excluding hydrogens is 248 g/mol. The van der Waals surface area contributed by atoms with Crippen LogP contribution in [-0.2, 0) is 23.7 Å². The van der Waals surface area contributed by atoms with Gasteiger partial charge in [-0.15, -0.1) is 0 Å². The summed E-state index contributed by atoms with van der Waals surface area (Å²) in [5.41, 5.74) is 0.346. The second-order valence-electron chi connectivity index (χ2n) is 4.43. The molecule has 0 aromatic rings. The van der Waals surface area contributed by atoms with E-state index in [0.29, 0.717) is 25.2 Å². The Morgan fingerprint density at radius 1 is 1.37 bits per heavy atom. The van der Waals surface area contributed by atoms with E-state index in [1.165, 1.54) is 6.26 Å². The quantitative estimate of drug-likeness (QED) is 0.201. The van der Waals surface area contributed by atoms with Crippen LogP contribution in [0, 0.1) is 0 Å². The van der Waals surface area contributed by atoms with Gasteiger partial charge in [0, 0.05) is 25.8 Å². The van der Waals surface area contributed by atoms with Crippen molar-refractivity contribution in [2.75, 3.05) is 13.2 Å². The van der Waals surface area contributed by atoms with E-state index in [1.807, 2.05) is 6.92 Å². The lowest BCUT2D eigenvalue weighted by Gasteiger charge is -2.25. The molecule has 0 aliphatic heterocycles. The first kappa shape index (κ1) is 17.7. The Hall–Kier alpha value is -1.33. The summed E-state index contributed by atoms with van der Waals surface area (Å²) in [7, 11) is 0. The van der Waals surface area contributed by atoms with E-state index in [4.69, 9.17) is 18.9 Å². The van der Waals surface area contributed by atoms with Gasteiger partial charge in [-0.05, 0) is 6.92 Å². The fourth-order valence-corrected chi connectivity index (χ4v) is 1.16. The Kier molecular flexibility index (Phi) is 8.11. The molecule has 110 valence electrons. The highest BCUT2D eigenvalue weighted by Crippen LogP contribution is 2.11. The zero-order valence-electron chi connectivity index (χ0n) is 12.2. The number of hydrogen-bond donors (Lipinski definition) is 0. The Balaban J connectivity index is 3.93. The Bertz CT molecular complexity index is 309. The van der Waals surface area contributed by atoms with Crippen molar-refractivity contribution in [1.82, 2.24) is 0 Å². The molecule has 0 heterocycles. The largest absolute Gasteiger partial charge is 0.471 e. The van der Waals surface area contributed by atoms with Gasteiger partial charge in [-0.1, -0.05) is 20.1 Å². The van der Waals surface area contributed by atoms with E-state index in [-0.39, 0.29) is 0 Å². The van der Waals surface area contributed by atoms with Crippen molar-refractivity contribution in [2.24, 2.45) is 0 Å². The standard InChI is InChI=1S/C14H24O5/c1-7-12(19-13(15)11(3)4)16-9-10-18-14(5,6)17-8-2/h8,12H,2-3,7,9-10H2,1,4-6H3. The third-order valence-electron chi connectivity index (χ3n) is 2.12. The molecule has 5 nitrogen and oxygen atoms in total. The first-order chi connectivity index (χ1) is 8.82. The molecule has 0 saturated heterocycles. The molecule has 0 saturated carbocycles. The summed E-state index contributed by atoms with van der Waals surface area (Å²) in [5, 5.41) is 0. The van der Waals surface area contributed by atoms with Gasteiger partial charge >= 0.3 is 5.97 Å². The van der Waals surface area contributed by atoms with E-state index in [1.54, 1.807) is 20.8 Å². The molecule has 1 unspecified atom stereocenters. The van der Waals surface area contributed by atoms with Crippen LogP contribution in [0.5, 0.6) is 0 Å². The van der Waals surface area contributed by atoms with E-state index < -0.39 is 18.0 Å². The zero-order valence-corrected chi connectivity index (χ0v) is 12.2. The van der Waals surface area contributed by atoms with E-state index >= 15 is 0 Å². The van der Waals surface area contributed by atoms with Crippen LogP contribution in [0.25, 0.3) is 0 Å². The van der Waals surface area contributed by atoms with Crippen LogP contribution in [0.2, 0.25) is 0 Å². The molecule has 0 bridgehead atoms. The van der Waals surface area contributed by atoms with Crippen molar-refractivity contribution in [3.8, 4) is 0 Å². The Morgan fingerprint density at radius 2 is 2.00 bits per heavy atom. The summed E-state index contributed by atoms with van der Waals surface area (Å²) in [4.78, 5) is 11.3. The average molecular weight is 272 g/mol. The molecule has 19 heavy (non-hydrogen) atoms. The molecular formula is C14H24O5. The minimum Gasteiger partial charge on any atom is -0.471 e. The van der Waals surface area contributed by atoms with Gasteiger partial charge in [0.05, 0.1) is 19.5 Å². The molecule has 0 spiro atoms. The zero-order chi connectivity index (χ0) is 14.9. The molecule has 0 radical (unpaired) electrons. The normalized spacial score (nSPS) is 12.6. The second-order valence-corrected chi connectivity index (χ2v) is 4.43. The van der Waals surface area contributed by atoms with Gasteiger partial charge in [0.25, 0.3) is 0 Å². The van der Waals surface area contributed by atoms with Crippen LogP contribution in [0.4, 0.5) is 0 Å². The molecule has 0 rings (SSSR count). The van der Waals surface area contributed by atoms with Crippen molar-refractivity contribution in [3.63, 3.8) is 0 Å². The lowest BCUT2D eigenvalue weighted by molar-refractivity contribution is -0.206. The van der Waals surface area contributed by atoms with Crippen LogP contribution in [0.3, 0.4) is 0 Å². The average Bonchev–Trinajstić information content (AvgIpc) is 2.32. The van der Waals surface area contributed by atoms with E-state index in [0.717, 1.165) is 0 Å². The number of ether oxygens (including phenoxy) is 4. The molecule has 1 atom stereocenters. The van der Waals surface area contributed by atoms with Crippen molar-refractivity contribution < 1.29 is 23.7 Å². The predicted molar refractivity (Wildman–Crippen MR) is 72.3 cm³/mol. The van der Waals surface area contributed by atoms with Crippen molar-refractivity contribution in [2.45, 2.75) is 46.2 Å². The molecule has 0 aromatic carbocycles. The van der Waals surface area contributed by atoms with Gasteiger partial charge in [-0.25, -0.2) is 4.79 Å². The second kappa shape index (κ2) is 8.72. The molecule has 0 aliphatic rings. The number of esters is 1. The topological polar surface area (TPSA) is 54.0 Å². The Labute approximate surface area is 115 Å². The highest BCUT2D eigenvalue weighted by molar-refractivity contribution is 5.86. The predicted octanol–water partition coefficient (Wildman–Crippen LogP) is 2.77. The van der Waals surface area contributed by atoms with Crippen LogP contribution < -0.4 is 0 Å². The van der Waals surface area contributed by atoms with Gasteiger partial charge in [0.1, 0.15) is 0 Å². The van der Waals surface area contributed by atoms with Gasteiger partial charge in [0.2, 0.25) is 12.1 Å². The van der Waals surface area contributed by atoms with Crippen LogP contribution in [0.15, 0.2) is 25.0 Å². The molecule has 0 N–H and O–H groups in total. The highest BCUT2D eigenvalue weighted by atomic mass is 16.7. The first-order valence-electron chi connectivity index (χ1n) is 6.23. The maximum Gasteiger partial charge on any atom is 0.335 e. The Morgan fingerprint density at radius 3 is 2.47 bits per heavy atom. The van der Waals surface area contributed by atoms with Gasteiger partial charge < -0.3 is 18.9 Å². The SMILES string of the molecule is C=COC(C)(C)OCCOC(CC)OC(=O)C(=C)C. The molecule has 0 aliphatic carbocycles. The lowest BCUT2D eigenvalue weighted by Crippen LogP contribution is -2.29. The number of rotatable bonds is 10. The van der Waals surface area contributed by atoms with Crippen LogP contribution in [-0.4, -0.2) is 31.3 Å². The third kappa shape index (κ3) is 8.40. The molecule has 0 amide bonds. The van der Waals surface area contributed by atoms with Crippen LogP contribution >= 0.6 is 0 Å². The number of carbonyl (C=O) groups is 1. The van der Waals surface area contributed by atoms with Gasteiger partial charge in [-0.2, -0.15) is 0 Å². The van der Waals surface area contributed by atoms with Crippen molar-refractivity contribution in [3.05, 3.63) is 25.0 Å². The van der Waals surface area contributed by atoms with E-state index in [9.17, 15) is 4.79 Å². The summed E-state index contributed by atoms with van der Waals surface area (Å²) in [6.45, 7) is 14.6. The van der Waals surface area contributed by atoms with Crippen molar-refractivity contribution >= 4 is 5.97 Å². The number of hydrogen-bond acceptors (Lipinski definition) is 5. The smallest absolute Gasteiger partial charge is 0.335 e. The minimum absolute atomic E-state index is 0.298. The highest BCUT2D eigenvalue weighted by Gasteiger charge is 2.18. The summed E-state index contributed by atoms with van der Waals surface area (Å²) in [6, 6.07) is 0. The summed E-state index contributed by atoms with van der Waals surface area (Å²) < 4.78 is 21.1. The third-order valence-corrected chi connectivity index (χ3v) is 2.12. The fourth-order valence-electron chi connectivity index (χ4n) is 1.16. The monoisotopic (exact) mass is 272 g/mol. The van der Waals surface area contributed by atoms with E-state index in [2.05, 4.69) is 13.2 Å². The molecule has 0 fully saturated rings. The van der Waals surface area contributed by atoms with Crippen molar-refractivity contribution in [1.29, 1.82) is 0 Å². The molecule has 5 heteroatoms. The summed E-state index contributed by atoms with van der Waals surface area (Å²) in [6.07, 6.45) is 1.30. The molecule has 0 aromatic heterocycles. The fraction of sp³-hybridized carbons (Fsp3) is 0.643. The summed E-state index contributed by atoms with van der Waals surface area (Å²) >= 11 is 0. The van der Waals surface area contributed by atoms with Gasteiger partial charge in [-0.3, -0.25) is 0 Å². The minimum atomic E-state index is -0.749. The number of carbonyl (C=O) groups excluding carboxylic acids is 1. The van der Waals surface area contributed by atoms with Gasteiger partial charge in [0.15, 0.2) is 0 Å². The lowest BCUT2D eigenvalue weighted by atomic mass is 10.3. The van der Waals surface area contributed by atoms with Crippen LogP contribution in [0.1, 0.15) is 34.1 Å². The maximum absolute atomic E-state index is 11.3. The summed E-state index contributed by atoms with van der Waals surface area (Å²) in [5.74, 6) is -1.20. The first-order valence-corrected chi connectivity index (χ1v) is 6.23. The maximum atomic E-state index is 11.3.